The van der Waals surface area contributed by atoms with Gasteiger partial charge >= 0.3 is 5.97 Å². The van der Waals surface area contributed by atoms with Crippen LogP contribution >= 0.6 is 0 Å². The monoisotopic (exact) mass is 429 g/mol. The number of benzene rings is 2. The van der Waals surface area contributed by atoms with Gasteiger partial charge in [-0.3, -0.25) is 4.79 Å². The average Bonchev–Trinajstić information content (AvgIpc) is 3.13. The van der Waals surface area contributed by atoms with Crippen molar-refractivity contribution in [3.63, 3.8) is 0 Å². The van der Waals surface area contributed by atoms with Gasteiger partial charge in [0, 0.05) is 12.3 Å². The van der Waals surface area contributed by atoms with Gasteiger partial charge in [-0.2, -0.15) is 5.26 Å². The predicted octanol–water partition coefficient (Wildman–Crippen LogP) is 5.80. The van der Waals surface area contributed by atoms with Gasteiger partial charge in [0.25, 0.3) is 0 Å². The standard InChI is InChI=1S/C28H31NO3/c1-18(30)32-26-11-10-25-27-21(16-29)14-20-15-22(31-17-19-6-4-3-5-7-19)8-9-23(20)24(27)12-13-28(25,26)2/h3-9,15,21,24-27H,10-14,17H2,1-2H3/t21-,24+,25-,26-,27+,28-/m0/s1. The molecule has 0 bridgehead atoms. The molecule has 2 aromatic rings. The lowest BCUT2D eigenvalue weighted by Crippen LogP contribution is -2.47. The lowest BCUT2D eigenvalue weighted by Gasteiger charge is -2.51. The molecule has 2 saturated carbocycles. The summed E-state index contributed by atoms with van der Waals surface area (Å²) in [7, 11) is 0. The van der Waals surface area contributed by atoms with Gasteiger partial charge in [-0.05, 0) is 78.7 Å². The van der Waals surface area contributed by atoms with Crippen LogP contribution in [0.4, 0.5) is 0 Å². The third kappa shape index (κ3) is 3.58. The Morgan fingerprint density at radius 3 is 2.72 bits per heavy atom. The molecule has 3 aliphatic rings. The van der Waals surface area contributed by atoms with Gasteiger partial charge in [0.05, 0.1) is 12.0 Å². The molecule has 3 aliphatic carbocycles. The second-order valence-corrected chi connectivity index (χ2v) is 10.1. The average molecular weight is 430 g/mol. The first-order valence-corrected chi connectivity index (χ1v) is 11.9. The summed E-state index contributed by atoms with van der Waals surface area (Å²) in [4.78, 5) is 11.7. The predicted molar refractivity (Wildman–Crippen MR) is 122 cm³/mol. The van der Waals surface area contributed by atoms with Crippen molar-refractivity contribution >= 4 is 5.97 Å². The second kappa shape index (κ2) is 8.28. The number of carbonyl (C=O) groups excluding carboxylic acids is 1. The number of esters is 1. The van der Waals surface area contributed by atoms with Crippen molar-refractivity contribution in [1.82, 2.24) is 0 Å². The number of nitriles is 1. The van der Waals surface area contributed by atoms with Crippen LogP contribution in [0, 0.1) is 34.5 Å². The Labute approximate surface area is 190 Å². The molecule has 0 aromatic heterocycles. The molecule has 0 N–H and O–H groups in total. The zero-order valence-electron chi connectivity index (χ0n) is 18.9. The largest absolute Gasteiger partial charge is 0.489 e. The minimum atomic E-state index is -0.187. The molecule has 0 spiro atoms. The number of rotatable bonds is 4. The fraction of sp³-hybridized carbons (Fsp3) is 0.500. The maximum absolute atomic E-state index is 11.7. The van der Waals surface area contributed by atoms with E-state index in [2.05, 4.69) is 43.3 Å². The summed E-state index contributed by atoms with van der Waals surface area (Å²) in [6.45, 7) is 4.35. The van der Waals surface area contributed by atoms with Crippen LogP contribution in [0.25, 0.3) is 0 Å². The Bertz CT molecular complexity index is 1040. The van der Waals surface area contributed by atoms with Gasteiger partial charge in [0.2, 0.25) is 0 Å². The van der Waals surface area contributed by atoms with Gasteiger partial charge in [-0.25, -0.2) is 0 Å². The molecule has 0 unspecified atom stereocenters. The molecule has 0 aliphatic heterocycles. The van der Waals surface area contributed by atoms with E-state index >= 15 is 0 Å². The number of nitrogens with zero attached hydrogens (tertiary/aromatic N) is 1. The second-order valence-electron chi connectivity index (χ2n) is 10.1. The van der Waals surface area contributed by atoms with Crippen LogP contribution in [0.15, 0.2) is 48.5 Å². The minimum Gasteiger partial charge on any atom is -0.489 e. The highest BCUT2D eigenvalue weighted by Crippen LogP contribution is 2.62. The van der Waals surface area contributed by atoms with E-state index in [9.17, 15) is 10.1 Å². The summed E-state index contributed by atoms with van der Waals surface area (Å²) >= 11 is 0. The Kier molecular flexibility index (Phi) is 5.45. The topological polar surface area (TPSA) is 59.3 Å². The molecule has 32 heavy (non-hydrogen) atoms. The van der Waals surface area contributed by atoms with Crippen molar-refractivity contribution in [2.24, 2.45) is 23.2 Å². The van der Waals surface area contributed by atoms with Crippen LogP contribution in [0.3, 0.4) is 0 Å². The highest BCUT2D eigenvalue weighted by molar-refractivity contribution is 5.66. The molecule has 0 saturated heterocycles. The fourth-order valence-corrected chi connectivity index (χ4v) is 6.92. The Morgan fingerprint density at radius 1 is 1.16 bits per heavy atom. The number of carbonyl (C=O) groups is 1. The molecule has 2 aromatic carbocycles. The summed E-state index contributed by atoms with van der Waals surface area (Å²) in [6, 6.07) is 19.3. The van der Waals surface area contributed by atoms with Gasteiger partial charge in [-0.1, -0.05) is 43.3 Å². The van der Waals surface area contributed by atoms with Crippen LogP contribution in [0.2, 0.25) is 0 Å². The number of ether oxygens (including phenoxy) is 2. The van der Waals surface area contributed by atoms with Crippen molar-refractivity contribution < 1.29 is 14.3 Å². The smallest absolute Gasteiger partial charge is 0.302 e. The first kappa shape index (κ1) is 21.1. The quantitative estimate of drug-likeness (QED) is 0.576. The zero-order valence-corrected chi connectivity index (χ0v) is 18.9. The zero-order chi connectivity index (χ0) is 22.3. The first-order chi connectivity index (χ1) is 15.5. The highest BCUT2D eigenvalue weighted by atomic mass is 16.5. The molecular weight excluding hydrogens is 398 g/mol. The third-order valence-corrected chi connectivity index (χ3v) is 8.39. The van der Waals surface area contributed by atoms with E-state index in [-0.39, 0.29) is 23.4 Å². The lowest BCUT2D eigenvalue weighted by atomic mass is 9.52. The Hall–Kier alpha value is -2.80. The van der Waals surface area contributed by atoms with Gasteiger partial charge in [0.15, 0.2) is 0 Å². The van der Waals surface area contributed by atoms with E-state index in [1.54, 1.807) is 0 Å². The highest BCUT2D eigenvalue weighted by Gasteiger charge is 2.58. The van der Waals surface area contributed by atoms with E-state index in [1.807, 2.05) is 18.2 Å². The van der Waals surface area contributed by atoms with Crippen LogP contribution in [0.1, 0.15) is 62.1 Å². The number of hydrogen-bond acceptors (Lipinski definition) is 4. The summed E-state index contributed by atoms with van der Waals surface area (Å²) in [5.41, 5.74) is 3.79. The van der Waals surface area contributed by atoms with Crippen LogP contribution in [0.5, 0.6) is 5.75 Å². The molecule has 0 amide bonds. The summed E-state index contributed by atoms with van der Waals surface area (Å²) < 4.78 is 11.8. The van der Waals surface area contributed by atoms with Crippen molar-refractivity contribution in [3.05, 3.63) is 65.2 Å². The van der Waals surface area contributed by atoms with Crippen LogP contribution in [-0.4, -0.2) is 12.1 Å². The lowest BCUT2D eigenvalue weighted by molar-refractivity contribution is -0.155. The van der Waals surface area contributed by atoms with Crippen molar-refractivity contribution in [2.75, 3.05) is 0 Å². The summed E-state index contributed by atoms with van der Waals surface area (Å²) in [5, 5.41) is 10.1. The van der Waals surface area contributed by atoms with Crippen molar-refractivity contribution in [2.45, 2.75) is 64.6 Å². The van der Waals surface area contributed by atoms with Crippen LogP contribution < -0.4 is 4.74 Å². The molecule has 0 radical (unpaired) electrons. The Morgan fingerprint density at radius 2 is 1.97 bits per heavy atom. The molecule has 6 atom stereocenters. The fourth-order valence-electron chi connectivity index (χ4n) is 6.92. The first-order valence-electron chi connectivity index (χ1n) is 11.9. The maximum atomic E-state index is 11.7. The molecule has 0 heterocycles. The number of hydrogen-bond donors (Lipinski definition) is 0. The molecular formula is C28H31NO3. The molecule has 4 nitrogen and oxygen atoms in total. The summed E-state index contributed by atoms with van der Waals surface area (Å²) in [6.07, 6.45) is 4.81. The van der Waals surface area contributed by atoms with E-state index in [0.29, 0.717) is 24.4 Å². The van der Waals surface area contributed by atoms with Crippen molar-refractivity contribution in [3.8, 4) is 11.8 Å². The molecule has 166 valence electrons. The van der Waals surface area contributed by atoms with Crippen molar-refractivity contribution in [1.29, 1.82) is 5.26 Å². The maximum Gasteiger partial charge on any atom is 0.302 e. The van der Waals surface area contributed by atoms with E-state index in [4.69, 9.17) is 9.47 Å². The molecule has 2 fully saturated rings. The van der Waals surface area contributed by atoms with Gasteiger partial charge in [-0.15, -0.1) is 0 Å². The normalized spacial score (nSPS) is 32.7. The van der Waals surface area contributed by atoms with Gasteiger partial charge in [0.1, 0.15) is 18.5 Å². The number of fused-ring (bicyclic) bond motifs is 5. The van der Waals surface area contributed by atoms with E-state index in [1.165, 1.54) is 18.1 Å². The summed E-state index contributed by atoms with van der Waals surface area (Å²) in [5.74, 6) is 1.85. The van der Waals surface area contributed by atoms with Crippen LogP contribution in [-0.2, 0) is 22.6 Å². The molecule has 4 heteroatoms. The minimum absolute atomic E-state index is 0.00224. The third-order valence-electron chi connectivity index (χ3n) is 8.39. The van der Waals surface area contributed by atoms with E-state index < -0.39 is 0 Å². The van der Waals surface area contributed by atoms with E-state index in [0.717, 1.165) is 43.4 Å². The SMILES string of the molecule is CC(=O)O[C@H]1CC[C@H]2[C@@H]3[C@H](C#N)Cc4cc(OCc5ccccc5)ccc4[C@H]3CC[C@]12C. The van der Waals surface area contributed by atoms with Gasteiger partial charge < -0.3 is 9.47 Å². The molecule has 5 rings (SSSR count). The Balaban J connectivity index is 1.39.